The highest BCUT2D eigenvalue weighted by Gasteiger charge is 2.43. The third kappa shape index (κ3) is 2.58. The molecule has 0 spiro atoms. The van der Waals surface area contributed by atoms with Gasteiger partial charge in [0.25, 0.3) is 0 Å². The summed E-state index contributed by atoms with van der Waals surface area (Å²) in [5.74, 6) is 1.36. The molecule has 0 saturated heterocycles. The summed E-state index contributed by atoms with van der Waals surface area (Å²) in [5.41, 5.74) is 0.650. The summed E-state index contributed by atoms with van der Waals surface area (Å²) in [6.45, 7) is 4.45. The van der Waals surface area contributed by atoms with Gasteiger partial charge in [0.2, 0.25) is 0 Å². The second-order valence-corrected chi connectivity index (χ2v) is 5.88. The van der Waals surface area contributed by atoms with Crippen molar-refractivity contribution in [3.05, 3.63) is 34.9 Å². The molecular formula is C14H19ClO. The Hall–Kier alpha value is -0.530. The number of aliphatic hydroxyl groups is 1. The lowest BCUT2D eigenvalue weighted by molar-refractivity contribution is -0.0860. The Morgan fingerprint density at radius 3 is 2.69 bits per heavy atom. The van der Waals surface area contributed by atoms with Gasteiger partial charge in [-0.3, -0.25) is 0 Å². The van der Waals surface area contributed by atoms with Crippen molar-refractivity contribution in [1.29, 1.82) is 0 Å². The molecule has 0 atom stereocenters. The van der Waals surface area contributed by atoms with E-state index in [1.807, 2.05) is 24.3 Å². The van der Waals surface area contributed by atoms with Crippen molar-refractivity contribution in [2.75, 3.05) is 0 Å². The van der Waals surface area contributed by atoms with E-state index in [1.165, 1.54) is 0 Å². The molecule has 1 N–H and O–H groups in total. The molecule has 1 aromatic rings. The predicted molar refractivity (Wildman–Crippen MR) is 67.7 cm³/mol. The summed E-state index contributed by atoms with van der Waals surface area (Å²) in [7, 11) is 0. The molecule has 88 valence electrons. The van der Waals surface area contributed by atoms with Crippen molar-refractivity contribution in [2.45, 2.75) is 38.7 Å². The van der Waals surface area contributed by atoms with E-state index in [9.17, 15) is 5.11 Å². The molecule has 0 amide bonds. The van der Waals surface area contributed by atoms with Gasteiger partial charge in [0.1, 0.15) is 0 Å². The predicted octanol–water partition coefficient (Wildman–Crippen LogP) is 3.68. The van der Waals surface area contributed by atoms with Gasteiger partial charge in [-0.1, -0.05) is 37.6 Å². The van der Waals surface area contributed by atoms with Gasteiger partial charge in [0, 0.05) is 11.4 Å². The minimum atomic E-state index is -0.486. The van der Waals surface area contributed by atoms with Crippen LogP contribution in [0, 0.1) is 11.8 Å². The van der Waals surface area contributed by atoms with Crippen LogP contribution in [-0.2, 0) is 6.42 Å². The van der Waals surface area contributed by atoms with Crippen LogP contribution >= 0.6 is 11.6 Å². The largest absolute Gasteiger partial charge is 0.390 e. The highest BCUT2D eigenvalue weighted by Crippen LogP contribution is 2.44. The first kappa shape index (κ1) is 11.9. The molecule has 0 unspecified atom stereocenters. The van der Waals surface area contributed by atoms with Gasteiger partial charge in [-0.05, 0) is 42.4 Å². The van der Waals surface area contributed by atoms with Crippen LogP contribution in [0.5, 0.6) is 0 Å². The Balaban J connectivity index is 1.96. The van der Waals surface area contributed by atoms with E-state index in [0.29, 0.717) is 11.8 Å². The van der Waals surface area contributed by atoms with Crippen molar-refractivity contribution in [3.8, 4) is 0 Å². The molecule has 1 saturated carbocycles. The molecule has 2 rings (SSSR count). The zero-order chi connectivity index (χ0) is 11.8. The van der Waals surface area contributed by atoms with Gasteiger partial charge in [-0.2, -0.15) is 0 Å². The molecule has 1 aromatic carbocycles. The van der Waals surface area contributed by atoms with Crippen LogP contribution in [0.25, 0.3) is 0 Å². The lowest BCUT2D eigenvalue weighted by atomic mass is 9.64. The maximum Gasteiger partial charge on any atom is 0.0693 e. The van der Waals surface area contributed by atoms with Crippen LogP contribution in [0.4, 0.5) is 0 Å². The molecule has 1 aliphatic carbocycles. The quantitative estimate of drug-likeness (QED) is 0.852. The Morgan fingerprint density at radius 2 is 2.12 bits per heavy atom. The third-order valence-electron chi connectivity index (χ3n) is 3.65. The zero-order valence-corrected chi connectivity index (χ0v) is 10.7. The summed E-state index contributed by atoms with van der Waals surface area (Å²) in [4.78, 5) is 0. The summed E-state index contributed by atoms with van der Waals surface area (Å²) >= 11 is 5.93. The lowest BCUT2D eigenvalue weighted by Gasteiger charge is -2.46. The highest BCUT2D eigenvalue weighted by atomic mass is 35.5. The van der Waals surface area contributed by atoms with Gasteiger partial charge in [0.05, 0.1) is 5.60 Å². The van der Waals surface area contributed by atoms with Crippen molar-refractivity contribution < 1.29 is 5.11 Å². The van der Waals surface area contributed by atoms with Crippen LogP contribution in [0.15, 0.2) is 24.3 Å². The van der Waals surface area contributed by atoms with Gasteiger partial charge in [0.15, 0.2) is 0 Å². The fraction of sp³-hybridized carbons (Fsp3) is 0.571. The van der Waals surface area contributed by atoms with Crippen LogP contribution in [0.2, 0.25) is 5.02 Å². The van der Waals surface area contributed by atoms with Gasteiger partial charge in [-0.25, -0.2) is 0 Å². The number of hydrogen-bond donors (Lipinski definition) is 1. The summed E-state index contributed by atoms with van der Waals surface area (Å²) < 4.78 is 0. The molecule has 0 bridgehead atoms. The van der Waals surface area contributed by atoms with Gasteiger partial charge < -0.3 is 5.11 Å². The molecule has 0 heterocycles. The summed E-state index contributed by atoms with van der Waals surface area (Å²) in [6.07, 6.45) is 2.59. The number of hydrogen-bond acceptors (Lipinski definition) is 1. The van der Waals surface area contributed by atoms with Crippen LogP contribution in [0.3, 0.4) is 0 Å². The third-order valence-corrected chi connectivity index (χ3v) is 3.88. The fourth-order valence-corrected chi connectivity index (χ4v) is 2.77. The molecule has 0 radical (unpaired) electrons. The maximum atomic E-state index is 10.3. The molecule has 0 aliphatic heterocycles. The summed E-state index contributed by atoms with van der Waals surface area (Å²) in [6, 6.07) is 7.79. The fourth-order valence-electron chi connectivity index (χ4n) is 2.56. The smallest absolute Gasteiger partial charge is 0.0693 e. The van der Waals surface area contributed by atoms with E-state index in [0.717, 1.165) is 29.8 Å². The maximum absolute atomic E-state index is 10.3. The van der Waals surface area contributed by atoms with Crippen molar-refractivity contribution in [1.82, 2.24) is 0 Å². The highest BCUT2D eigenvalue weighted by molar-refractivity contribution is 6.30. The normalized spacial score (nSPS) is 29.2. The second-order valence-electron chi connectivity index (χ2n) is 5.44. The molecule has 16 heavy (non-hydrogen) atoms. The monoisotopic (exact) mass is 238 g/mol. The van der Waals surface area contributed by atoms with E-state index in [4.69, 9.17) is 11.6 Å². The molecule has 0 aromatic heterocycles. The first-order valence-corrected chi connectivity index (χ1v) is 6.33. The molecule has 1 nitrogen and oxygen atoms in total. The number of halogens is 1. The Bertz CT molecular complexity index is 367. The minimum Gasteiger partial charge on any atom is -0.390 e. The average molecular weight is 239 g/mol. The van der Waals surface area contributed by atoms with Crippen molar-refractivity contribution in [2.24, 2.45) is 11.8 Å². The first-order chi connectivity index (χ1) is 7.48. The van der Waals surface area contributed by atoms with E-state index in [2.05, 4.69) is 13.8 Å². The second kappa shape index (κ2) is 4.38. The van der Waals surface area contributed by atoms with Gasteiger partial charge in [-0.15, -0.1) is 0 Å². The van der Waals surface area contributed by atoms with Crippen molar-refractivity contribution >= 4 is 11.6 Å². The number of benzene rings is 1. The van der Waals surface area contributed by atoms with Crippen LogP contribution < -0.4 is 0 Å². The molecule has 2 heteroatoms. The minimum absolute atomic E-state index is 0.486. The Kier molecular flexibility index (Phi) is 3.27. The van der Waals surface area contributed by atoms with E-state index < -0.39 is 5.60 Å². The zero-order valence-electron chi connectivity index (χ0n) is 9.91. The molecule has 1 fully saturated rings. The number of rotatable bonds is 3. The lowest BCUT2D eigenvalue weighted by Crippen LogP contribution is -2.47. The molecule has 1 aliphatic rings. The topological polar surface area (TPSA) is 20.2 Å². The first-order valence-electron chi connectivity index (χ1n) is 5.95. The van der Waals surface area contributed by atoms with Crippen LogP contribution in [0.1, 0.15) is 32.3 Å². The Labute approximate surface area is 102 Å². The Morgan fingerprint density at radius 1 is 1.44 bits per heavy atom. The molecular weight excluding hydrogens is 220 g/mol. The van der Waals surface area contributed by atoms with E-state index in [-0.39, 0.29) is 0 Å². The van der Waals surface area contributed by atoms with Crippen LogP contribution in [-0.4, -0.2) is 10.7 Å². The van der Waals surface area contributed by atoms with Crippen molar-refractivity contribution in [3.63, 3.8) is 0 Å². The van der Waals surface area contributed by atoms with E-state index >= 15 is 0 Å². The summed E-state index contributed by atoms with van der Waals surface area (Å²) in [5, 5.41) is 11.1. The standard InChI is InChI=1S/C14H19ClO/c1-10(2)12-8-14(16,9-12)7-11-4-3-5-13(15)6-11/h3-6,10,12,16H,7-9H2,1-2H3. The van der Waals surface area contributed by atoms with E-state index in [1.54, 1.807) is 0 Å². The SMILES string of the molecule is CC(C)C1CC(O)(Cc2cccc(Cl)c2)C1. The van der Waals surface area contributed by atoms with Gasteiger partial charge >= 0.3 is 0 Å². The average Bonchev–Trinajstić information content (AvgIpc) is 2.13.